The number of nitrogens with zero attached hydrogens (tertiary/aromatic N) is 1. The van der Waals surface area contributed by atoms with Crippen LogP contribution in [0.1, 0.15) is 63.0 Å². The summed E-state index contributed by atoms with van der Waals surface area (Å²) in [6, 6.07) is 23.5. The normalized spacial score (nSPS) is 23.6. The van der Waals surface area contributed by atoms with E-state index in [0.717, 1.165) is 51.4 Å². The molecule has 4 heteroatoms. The summed E-state index contributed by atoms with van der Waals surface area (Å²) in [7, 11) is 1.77. The molecule has 1 aliphatic rings. The fourth-order valence-corrected chi connectivity index (χ4v) is 4.71. The van der Waals surface area contributed by atoms with Crippen molar-refractivity contribution < 1.29 is 14.2 Å². The Labute approximate surface area is 205 Å². The van der Waals surface area contributed by atoms with E-state index in [-0.39, 0.29) is 18.5 Å². The van der Waals surface area contributed by atoms with Crippen molar-refractivity contribution in [2.24, 2.45) is 0 Å². The average Bonchev–Trinajstić information content (AvgIpc) is 2.87. The molecule has 0 spiro atoms. The predicted octanol–water partition coefficient (Wildman–Crippen LogP) is 6.80. The second kappa shape index (κ2) is 14.1. The van der Waals surface area contributed by atoms with Gasteiger partial charge in [0.05, 0.1) is 18.3 Å². The molecule has 2 aromatic carbocycles. The third-order valence-electron chi connectivity index (χ3n) is 6.54. The van der Waals surface area contributed by atoms with Crippen molar-refractivity contribution in [3.8, 4) is 6.07 Å². The highest BCUT2D eigenvalue weighted by atomic mass is 16.7. The third kappa shape index (κ3) is 8.72. The molecule has 1 fully saturated rings. The van der Waals surface area contributed by atoms with Crippen LogP contribution in [0, 0.1) is 11.3 Å². The Kier molecular flexibility index (Phi) is 10.8. The quantitative estimate of drug-likeness (QED) is 0.243. The molecule has 0 aromatic heterocycles. The van der Waals surface area contributed by atoms with Crippen molar-refractivity contribution in [2.75, 3.05) is 7.11 Å². The van der Waals surface area contributed by atoms with Crippen LogP contribution >= 0.6 is 0 Å². The lowest BCUT2D eigenvalue weighted by molar-refractivity contribution is -0.260. The molecule has 2 aromatic rings. The molecule has 34 heavy (non-hydrogen) atoms. The zero-order valence-electron chi connectivity index (χ0n) is 20.7. The number of hydrogen-bond donors (Lipinski definition) is 0. The van der Waals surface area contributed by atoms with E-state index in [4.69, 9.17) is 14.2 Å². The molecule has 0 saturated carbocycles. The second-order valence-corrected chi connectivity index (χ2v) is 9.25. The Morgan fingerprint density at radius 1 is 1.06 bits per heavy atom. The number of allylic oxidation sites excluding steroid dienone is 1. The minimum atomic E-state index is -0.761. The lowest BCUT2D eigenvalue weighted by Gasteiger charge is -2.39. The Balaban J connectivity index is 1.41. The summed E-state index contributed by atoms with van der Waals surface area (Å²) in [6.07, 6.45) is 12.4. The first-order chi connectivity index (χ1) is 16.6. The summed E-state index contributed by atoms with van der Waals surface area (Å²) in [5, 5.41) is 9.97. The Bertz CT molecular complexity index is 892. The van der Waals surface area contributed by atoms with E-state index >= 15 is 0 Å². The zero-order valence-corrected chi connectivity index (χ0v) is 20.7. The number of methoxy groups -OCH3 is 1. The Hall–Kier alpha value is -2.45. The van der Waals surface area contributed by atoms with Crippen molar-refractivity contribution in [3.63, 3.8) is 0 Å². The van der Waals surface area contributed by atoms with Crippen LogP contribution in [0.15, 0.2) is 72.8 Å². The molecule has 1 heterocycles. The van der Waals surface area contributed by atoms with E-state index in [0.29, 0.717) is 6.42 Å². The standard InChI is InChI=1S/C30H39NO3/c1-25-33-29(21-20-27-15-8-4-9-16-27)23-30(24-31,34-25)22-11-5-10-18-28(32-2)19-12-17-26-13-6-3-7-14-26/h3-4,6-10,13-16,18,25,28-29H,5,11-12,17,19-23H2,1-2H3/b18-10+/t25-,28-,29-,30+/m0/s1. The van der Waals surface area contributed by atoms with Gasteiger partial charge in [0.1, 0.15) is 0 Å². The number of hydrogen-bond acceptors (Lipinski definition) is 4. The summed E-state index contributed by atoms with van der Waals surface area (Å²) in [5.41, 5.74) is 1.91. The van der Waals surface area contributed by atoms with Crippen LogP contribution < -0.4 is 0 Å². The van der Waals surface area contributed by atoms with Crippen LogP contribution in [-0.4, -0.2) is 31.2 Å². The molecule has 4 nitrogen and oxygen atoms in total. The fourth-order valence-electron chi connectivity index (χ4n) is 4.71. The van der Waals surface area contributed by atoms with Crippen molar-refractivity contribution in [1.29, 1.82) is 5.26 Å². The summed E-state index contributed by atoms with van der Waals surface area (Å²) < 4.78 is 17.7. The maximum Gasteiger partial charge on any atom is 0.159 e. The van der Waals surface area contributed by atoms with E-state index in [9.17, 15) is 5.26 Å². The predicted molar refractivity (Wildman–Crippen MR) is 136 cm³/mol. The minimum Gasteiger partial charge on any atom is -0.377 e. The Morgan fingerprint density at radius 2 is 1.74 bits per heavy atom. The molecule has 182 valence electrons. The first-order valence-electron chi connectivity index (χ1n) is 12.6. The topological polar surface area (TPSA) is 51.5 Å². The molecular formula is C30H39NO3. The zero-order chi connectivity index (χ0) is 24.1. The van der Waals surface area contributed by atoms with Crippen LogP contribution in [-0.2, 0) is 27.1 Å². The maximum absolute atomic E-state index is 9.97. The van der Waals surface area contributed by atoms with Gasteiger partial charge in [-0.25, -0.2) is 0 Å². The van der Waals surface area contributed by atoms with Gasteiger partial charge < -0.3 is 14.2 Å². The van der Waals surface area contributed by atoms with Crippen molar-refractivity contribution in [3.05, 3.63) is 83.9 Å². The summed E-state index contributed by atoms with van der Waals surface area (Å²) in [6.45, 7) is 1.90. The van der Waals surface area contributed by atoms with Crippen LogP contribution in [0.2, 0.25) is 0 Å². The summed E-state index contributed by atoms with van der Waals surface area (Å²) >= 11 is 0. The van der Waals surface area contributed by atoms with E-state index in [1.54, 1.807) is 7.11 Å². The van der Waals surface area contributed by atoms with Gasteiger partial charge >= 0.3 is 0 Å². The smallest absolute Gasteiger partial charge is 0.159 e. The monoisotopic (exact) mass is 461 g/mol. The van der Waals surface area contributed by atoms with E-state index in [1.807, 2.05) is 13.0 Å². The number of nitriles is 1. The first-order valence-corrected chi connectivity index (χ1v) is 12.6. The SMILES string of the molecule is CO[C@@H](/C=C/CCC[C@]1(C#N)C[C@H](CCc2ccccc2)O[C@H](C)O1)CCCc1ccccc1. The van der Waals surface area contributed by atoms with Crippen LogP contribution in [0.5, 0.6) is 0 Å². The van der Waals surface area contributed by atoms with Gasteiger partial charge in [0.15, 0.2) is 11.9 Å². The van der Waals surface area contributed by atoms with Crippen molar-refractivity contribution in [1.82, 2.24) is 0 Å². The molecule has 1 saturated heterocycles. The molecule has 0 N–H and O–H groups in total. The van der Waals surface area contributed by atoms with Gasteiger partial charge in [-0.15, -0.1) is 0 Å². The van der Waals surface area contributed by atoms with Crippen LogP contribution in [0.4, 0.5) is 0 Å². The van der Waals surface area contributed by atoms with E-state index < -0.39 is 5.60 Å². The highest BCUT2D eigenvalue weighted by molar-refractivity contribution is 5.16. The Morgan fingerprint density at radius 3 is 2.38 bits per heavy atom. The third-order valence-corrected chi connectivity index (χ3v) is 6.54. The molecule has 0 aliphatic carbocycles. The molecule has 1 aliphatic heterocycles. The molecule has 0 unspecified atom stereocenters. The first kappa shape index (κ1) is 26.2. The van der Waals surface area contributed by atoms with Gasteiger partial charge in [-0.3, -0.25) is 0 Å². The minimum absolute atomic E-state index is 0.0432. The number of rotatable bonds is 13. The fraction of sp³-hybridized carbons (Fsp3) is 0.500. The number of benzene rings is 2. The van der Waals surface area contributed by atoms with Gasteiger partial charge in [0, 0.05) is 13.5 Å². The van der Waals surface area contributed by atoms with Gasteiger partial charge in [0.2, 0.25) is 0 Å². The summed E-state index contributed by atoms with van der Waals surface area (Å²) in [5.74, 6) is 0. The summed E-state index contributed by atoms with van der Waals surface area (Å²) in [4.78, 5) is 0. The second-order valence-electron chi connectivity index (χ2n) is 9.25. The van der Waals surface area contributed by atoms with E-state index in [2.05, 4.69) is 72.8 Å². The molecular weight excluding hydrogens is 422 g/mol. The molecule has 4 atom stereocenters. The number of aryl methyl sites for hydroxylation is 2. The van der Waals surface area contributed by atoms with Crippen LogP contribution in [0.3, 0.4) is 0 Å². The van der Waals surface area contributed by atoms with Crippen molar-refractivity contribution in [2.45, 2.75) is 88.8 Å². The van der Waals surface area contributed by atoms with Gasteiger partial charge in [-0.2, -0.15) is 5.26 Å². The largest absolute Gasteiger partial charge is 0.377 e. The van der Waals surface area contributed by atoms with Crippen LogP contribution in [0.25, 0.3) is 0 Å². The highest BCUT2D eigenvalue weighted by Crippen LogP contribution is 2.34. The van der Waals surface area contributed by atoms with Gasteiger partial charge in [-0.05, 0) is 69.4 Å². The molecule has 3 rings (SSSR count). The number of ether oxygens (including phenoxy) is 3. The molecule has 0 bridgehead atoms. The van der Waals surface area contributed by atoms with Crippen molar-refractivity contribution >= 4 is 0 Å². The lowest BCUT2D eigenvalue weighted by Crippen LogP contribution is -2.46. The van der Waals surface area contributed by atoms with E-state index in [1.165, 1.54) is 11.1 Å². The molecule has 0 radical (unpaired) electrons. The maximum atomic E-state index is 9.97. The molecule has 0 amide bonds. The lowest BCUT2D eigenvalue weighted by atomic mass is 9.88. The van der Waals surface area contributed by atoms with Gasteiger partial charge in [0.25, 0.3) is 0 Å². The average molecular weight is 462 g/mol. The highest BCUT2D eigenvalue weighted by Gasteiger charge is 2.40. The number of unbranched alkanes of at least 4 members (excludes halogenated alkanes) is 1. The van der Waals surface area contributed by atoms with Gasteiger partial charge in [-0.1, -0.05) is 72.8 Å².